The number of carbonyl (C=O) groups is 2. The van der Waals surface area contributed by atoms with E-state index in [1.807, 2.05) is 11.0 Å². The van der Waals surface area contributed by atoms with Crippen molar-refractivity contribution in [3.05, 3.63) is 96.4 Å². The molecule has 2 aliphatic heterocycles. The van der Waals surface area contributed by atoms with E-state index < -0.39 is 11.9 Å². The zero-order valence-electron chi connectivity index (χ0n) is 20.0. The smallest absolute Gasteiger partial charge is 0.323 e. The Bertz CT molecular complexity index is 1250. The van der Waals surface area contributed by atoms with Crippen molar-refractivity contribution in [1.82, 2.24) is 20.5 Å². The lowest BCUT2D eigenvalue weighted by atomic mass is 10.0. The van der Waals surface area contributed by atoms with Crippen LogP contribution in [0.1, 0.15) is 31.5 Å². The van der Waals surface area contributed by atoms with E-state index in [4.69, 9.17) is 4.74 Å². The summed E-state index contributed by atoms with van der Waals surface area (Å²) in [6, 6.07) is 9.61. The summed E-state index contributed by atoms with van der Waals surface area (Å²) in [5.74, 6) is 0.475. The van der Waals surface area contributed by atoms with E-state index in [-0.39, 0.29) is 17.6 Å². The highest BCUT2D eigenvalue weighted by atomic mass is 19.1. The van der Waals surface area contributed by atoms with Gasteiger partial charge < -0.3 is 25.6 Å². The lowest BCUT2D eigenvalue weighted by Gasteiger charge is -2.31. The molecule has 1 aromatic heterocycles. The second-order valence-electron chi connectivity index (χ2n) is 8.67. The monoisotopic (exact) mass is 489 g/mol. The Balaban J connectivity index is 1.33. The van der Waals surface area contributed by atoms with E-state index in [0.29, 0.717) is 29.2 Å². The van der Waals surface area contributed by atoms with E-state index in [2.05, 4.69) is 34.1 Å². The van der Waals surface area contributed by atoms with Gasteiger partial charge in [-0.1, -0.05) is 18.7 Å². The Kier molecular flexibility index (Phi) is 7.48. The molecule has 0 bridgehead atoms. The molecule has 3 amide bonds. The molecule has 0 spiro atoms. The number of hydrogen-bond donors (Lipinski definition) is 3. The molecule has 1 fully saturated rings. The Hall–Kier alpha value is -4.40. The standard InChI is InChI=1S/C27H28FN5O3/c1-17(2)13-23(18(3)28)32-27(35)31-20-5-7-21(8-6-20)36-22-9-10-29-25(15-22)24-14-19(16-30-24)26(34)33-11-4-12-33/h5-10,13,15-16,24,30H,1,3-4,11-12,14H2,2H3,(H2,31,32,35)/b23-13+. The molecule has 1 atom stereocenters. The van der Waals surface area contributed by atoms with Crippen LogP contribution in [0.25, 0.3) is 0 Å². The molecule has 1 unspecified atom stereocenters. The fraction of sp³-hybridized carbons (Fsp3) is 0.222. The number of ether oxygens (including phenoxy) is 1. The van der Waals surface area contributed by atoms with Crippen LogP contribution in [0, 0.1) is 0 Å². The van der Waals surface area contributed by atoms with Crippen LogP contribution in [0.3, 0.4) is 0 Å². The van der Waals surface area contributed by atoms with E-state index >= 15 is 0 Å². The molecule has 1 aromatic carbocycles. The third-order valence-corrected chi connectivity index (χ3v) is 5.69. The molecule has 0 saturated carbocycles. The highest BCUT2D eigenvalue weighted by Crippen LogP contribution is 2.30. The fourth-order valence-electron chi connectivity index (χ4n) is 3.74. The van der Waals surface area contributed by atoms with Crippen LogP contribution in [0.2, 0.25) is 0 Å². The van der Waals surface area contributed by atoms with Gasteiger partial charge in [0.1, 0.15) is 17.3 Å². The van der Waals surface area contributed by atoms with Crippen LogP contribution in [-0.4, -0.2) is 34.9 Å². The first kappa shape index (κ1) is 24.7. The Morgan fingerprint density at radius 3 is 2.58 bits per heavy atom. The summed E-state index contributed by atoms with van der Waals surface area (Å²) in [4.78, 5) is 30.9. The average Bonchev–Trinajstić information content (AvgIpc) is 3.29. The van der Waals surface area contributed by atoms with Crippen LogP contribution >= 0.6 is 0 Å². The van der Waals surface area contributed by atoms with Gasteiger partial charge in [0, 0.05) is 49.2 Å². The third kappa shape index (κ3) is 6.18. The first-order chi connectivity index (χ1) is 17.3. The maximum absolute atomic E-state index is 13.5. The summed E-state index contributed by atoms with van der Waals surface area (Å²) >= 11 is 0. The van der Waals surface area contributed by atoms with Gasteiger partial charge in [-0.05, 0) is 49.8 Å². The molecule has 0 radical (unpaired) electrons. The number of urea groups is 1. The minimum absolute atomic E-state index is 0.0579. The summed E-state index contributed by atoms with van der Waals surface area (Å²) in [7, 11) is 0. The molecule has 0 aliphatic carbocycles. The molecule has 186 valence electrons. The number of halogens is 1. The number of nitrogens with one attached hydrogen (secondary N) is 3. The van der Waals surface area contributed by atoms with Crippen molar-refractivity contribution in [2.75, 3.05) is 18.4 Å². The van der Waals surface area contributed by atoms with Crippen LogP contribution in [0.5, 0.6) is 11.5 Å². The molecule has 3 N–H and O–H groups in total. The molecule has 1 saturated heterocycles. The van der Waals surface area contributed by atoms with Crippen molar-refractivity contribution in [2.24, 2.45) is 0 Å². The topological polar surface area (TPSA) is 95.6 Å². The van der Waals surface area contributed by atoms with Crippen LogP contribution in [0.4, 0.5) is 14.9 Å². The van der Waals surface area contributed by atoms with Gasteiger partial charge in [-0.25, -0.2) is 9.18 Å². The van der Waals surface area contributed by atoms with Crippen LogP contribution in [-0.2, 0) is 4.79 Å². The van der Waals surface area contributed by atoms with Gasteiger partial charge in [0.05, 0.1) is 17.4 Å². The number of aromatic nitrogens is 1. The molecular weight excluding hydrogens is 461 g/mol. The first-order valence-electron chi connectivity index (χ1n) is 11.6. The van der Waals surface area contributed by atoms with Gasteiger partial charge in [0.25, 0.3) is 5.91 Å². The molecule has 8 nitrogen and oxygen atoms in total. The molecule has 36 heavy (non-hydrogen) atoms. The second kappa shape index (κ2) is 10.9. The number of pyridine rings is 1. The van der Waals surface area contributed by atoms with E-state index in [1.54, 1.807) is 49.7 Å². The normalized spacial score (nSPS) is 16.8. The second-order valence-corrected chi connectivity index (χ2v) is 8.67. The van der Waals surface area contributed by atoms with Gasteiger partial charge in [-0.2, -0.15) is 0 Å². The average molecular weight is 490 g/mol. The number of benzene rings is 1. The van der Waals surface area contributed by atoms with Crippen molar-refractivity contribution in [3.8, 4) is 11.5 Å². The summed E-state index contributed by atoms with van der Waals surface area (Å²) in [5.41, 5.74) is 2.55. The number of likely N-dealkylation sites (tertiary alicyclic amines) is 1. The number of carbonyl (C=O) groups excluding carboxylic acids is 2. The molecule has 9 heteroatoms. The number of hydrogen-bond acceptors (Lipinski definition) is 5. The predicted octanol–water partition coefficient (Wildman–Crippen LogP) is 5.09. The lowest BCUT2D eigenvalue weighted by molar-refractivity contribution is -0.130. The number of rotatable bonds is 8. The number of amides is 3. The van der Waals surface area contributed by atoms with Crippen LogP contribution in [0.15, 0.2) is 90.7 Å². The highest BCUT2D eigenvalue weighted by molar-refractivity contribution is 5.94. The first-order valence-corrected chi connectivity index (χ1v) is 11.6. The number of anilines is 1. The Morgan fingerprint density at radius 1 is 1.19 bits per heavy atom. The van der Waals surface area contributed by atoms with Crippen molar-refractivity contribution < 1.29 is 18.7 Å². The van der Waals surface area contributed by atoms with Crippen molar-refractivity contribution >= 4 is 17.6 Å². The summed E-state index contributed by atoms with van der Waals surface area (Å²) in [6.07, 6.45) is 6.47. The molecule has 2 aliphatic rings. The van der Waals surface area contributed by atoms with Crippen LogP contribution < -0.4 is 20.7 Å². The Morgan fingerprint density at radius 2 is 1.94 bits per heavy atom. The minimum Gasteiger partial charge on any atom is -0.457 e. The van der Waals surface area contributed by atoms with Gasteiger partial charge in [-0.15, -0.1) is 0 Å². The molecule has 3 heterocycles. The molecular formula is C27H28FN5O3. The number of nitrogens with zero attached hydrogens (tertiary/aromatic N) is 2. The van der Waals surface area contributed by atoms with Crippen molar-refractivity contribution in [1.29, 1.82) is 0 Å². The SMILES string of the molecule is C=C(C)/C=C(/NC(=O)Nc1ccc(Oc2ccnc(C3CC(C(=O)N4CCC4)=CN3)c2)cc1)C(=C)F. The minimum atomic E-state index is -0.767. The summed E-state index contributed by atoms with van der Waals surface area (Å²) in [5, 5.41) is 8.28. The van der Waals surface area contributed by atoms with E-state index in [1.165, 1.54) is 6.08 Å². The third-order valence-electron chi connectivity index (χ3n) is 5.69. The maximum Gasteiger partial charge on any atom is 0.323 e. The van der Waals surface area contributed by atoms with Gasteiger partial charge >= 0.3 is 6.03 Å². The van der Waals surface area contributed by atoms with Crippen molar-refractivity contribution in [3.63, 3.8) is 0 Å². The fourth-order valence-corrected chi connectivity index (χ4v) is 3.74. The van der Waals surface area contributed by atoms with Gasteiger partial charge in [-0.3, -0.25) is 9.78 Å². The lowest BCUT2D eigenvalue weighted by Crippen LogP contribution is -2.42. The molecule has 2 aromatic rings. The highest BCUT2D eigenvalue weighted by Gasteiger charge is 2.29. The summed E-state index contributed by atoms with van der Waals surface area (Å²) < 4.78 is 19.5. The van der Waals surface area contributed by atoms with E-state index in [0.717, 1.165) is 30.8 Å². The van der Waals surface area contributed by atoms with Crippen molar-refractivity contribution in [2.45, 2.75) is 25.8 Å². The summed E-state index contributed by atoms with van der Waals surface area (Å²) in [6.45, 7) is 10.2. The predicted molar refractivity (Wildman–Crippen MR) is 136 cm³/mol. The van der Waals surface area contributed by atoms with Gasteiger partial charge in [0.2, 0.25) is 0 Å². The maximum atomic E-state index is 13.5. The largest absolute Gasteiger partial charge is 0.457 e. The Labute approximate surface area is 209 Å². The molecule has 4 rings (SSSR count). The quantitative estimate of drug-likeness (QED) is 0.449. The van der Waals surface area contributed by atoms with E-state index in [9.17, 15) is 14.0 Å². The number of allylic oxidation sites excluding steroid dienone is 3. The zero-order chi connectivity index (χ0) is 25.7. The zero-order valence-corrected chi connectivity index (χ0v) is 20.0. The van der Waals surface area contributed by atoms with Gasteiger partial charge in [0.15, 0.2) is 0 Å².